The predicted octanol–water partition coefficient (Wildman–Crippen LogP) is 1.46. The van der Waals surface area contributed by atoms with Gasteiger partial charge >= 0.3 is 0 Å². The Kier molecular flexibility index (Phi) is 3.43. The molecule has 0 bridgehead atoms. The summed E-state index contributed by atoms with van der Waals surface area (Å²) >= 11 is 1.27. The Morgan fingerprint density at radius 1 is 1.53 bits per heavy atom. The molecule has 2 heterocycles. The molecule has 17 heavy (non-hydrogen) atoms. The van der Waals surface area contributed by atoms with Crippen LogP contribution in [0, 0.1) is 11.3 Å². The van der Waals surface area contributed by atoms with Gasteiger partial charge in [0, 0.05) is 18.0 Å². The molecule has 0 spiro atoms. The molecular formula is C11H8N4OS. The quantitative estimate of drug-likeness (QED) is 0.829. The van der Waals surface area contributed by atoms with Crippen LogP contribution in [0.1, 0.15) is 9.67 Å². The highest BCUT2D eigenvalue weighted by atomic mass is 32.1. The van der Waals surface area contributed by atoms with E-state index in [1.54, 1.807) is 12.4 Å². The van der Waals surface area contributed by atoms with E-state index >= 15 is 0 Å². The average Bonchev–Trinajstić information content (AvgIpc) is 2.86. The molecule has 0 aromatic carbocycles. The number of nitrogens with one attached hydrogen (secondary N) is 1. The Morgan fingerprint density at radius 2 is 2.41 bits per heavy atom. The molecule has 0 unspecified atom stereocenters. The van der Waals surface area contributed by atoms with Crippen molar-refractivity contribution in [1.82, 2.24) is 15.3 Å². The molecular weight excluding hydrogens is 236 g/mol. The fourth-order valence-corrected chi connectivity index (χ4v) is 2.03. The first kappa shape index (κ1) is 11.2. The van der Waals surface area contributed by atoms with Gasteiger partial charge in [-0.05, 0) is 12.1 Å². The van der Waals surface area contributed by atoms with Gasteiger partial charge in [0.15, 0.2) is 0 Å². The number of rotatable bonds is 3. The van der Waals surface area contributed by atoms with Gasteiger partial charge in [-0.15, -0.1) is 11.3 Å². The number of nitrogens with zero attached hydrogens (tertiary/aromatic N) is 3. The highest BCUT2D eigenvalue weighted by molar-refractivity contribution is 7.16. The molecule has 0 saturated heterocycles. The normalized spacial score (nSPS) is 9.59. The van der Waals surface area contributed by atoms with E-state index in [9.17, 15) is 4.79 Å². The third-order valence-electron chi connectivity index (χ3n) is 1.97. The molecule has 6 heteroatoms. The third kappa shape index (κ3) is 2.65. The Bertz CT molecular complexity index is 558. The van der Waals surface area contributed by atoms with Crippen LogP contribution in [0.15, 0.2) is 30.7 Å². The van der Waals surface area contributed by atoms with E-state index in [1.165, 1.54) is 17.5 Å². The van der Waals surface area contributed by atoms with Crippen LogP contribution >= 0.6 is 11.3 Å². The van der Waals surface area contributed by atoms with Crippen molar-refractivity contribution in [3.63, 3.8) is 0 Å². The first-order chi connectivity index (χ1) is 8.31. The molecule has 5 nitrogen and oxygen atoms in total. The summed E-state index contributed by atoms with van der Waals surface area (Å²) in [6.45, 7) is -0.00103. The van der Waals surface area contributed by atoms with E-state index in [0.717, 1.165) is 10.6 Å². The lowest BCUT2D eigenvalue weighted by Gasteiger charge is -1.95. The minimum Gasteiger partial charge on any atom is -0.338 e. The molecule has 1 amide bonds. The monoisotopic (exact) mass is 244 g/mol. The predicted molar refractivity (Wildman–Crippen MR) is 63.3 cm³/mol. The molecule has 2 aromatic rings. The number of nitriles is 1. The van der Waals surface area contributed by atoms with E-state index in [1.807, 2.05) is 18.2 Å². The van der Waals surface area contributed by atoms with Gasteiger partial charge in [0.05, 0.1) is 12.3 Å². The zero-order valence-corrected chi connectivity index (χ0v) is 9.57. The maximum Gasteiger partial charge on any atom is 0.263 e. The minimum atomic E-state index is -0.279. The fourth-order valence-electron chi connectivity index (χ4n) is 1.21. The molecule has 1 N–H and O–H groups in total. The van der Waals surface area contributed by atoms with E-state index in [-0.39, 0.29) is 12.5 Å². The molecule has 2 rings (SSSR count). The van der Waals surface area contributed by atoms with Crippen molar-refractivity contribution in [2.24, 2.45) is 0 Å². The molecule has 0 saturated carbocycles. The van der Waals surface area contributed by atoms with Crippen LogP contribution in [0.5, 0.6) is 0 Å². The summed E-state index contributed by atoms with van der Waals surface area (Å²) in [7, 11) is 0. The SMILES string of the molecule is N#CCNC(=O)c1cnc(-c2cccnc2)s1. The van der Waals surface area contributed by atoms with Crippen LogP contribution < -0.4 is 5.32 Å². The maximum absolute atomic E-state index is 11.5. The highest BCUT2D eigenvalue weighted by Crippen LogP contribution is 2.23. The van der Waals surface area contributed by atoms with Crippen molar-refractivity contribution in [3.8, 4) is 16.6 Å². The number of pyridine rings is 1. The molecule has 0 aliphatic rings. The van der Waals surface area contributed by atoms with Gasteiger partial charge in [-0.3, -0.25) is 9.78 Å². The van der Waals surface area contributed by atoms with Crippen LogP contribution in [-0.2, 0) is 0 Å². The Labute approximate surface area is 102 Å². The Balaban J connectivity index is 2.17. The molecule has 0 fully saturated rings. The number of amides is 1. The van der Waals surface area contributed by atoms with E-state index in [2.05, 4.69) is 15.3 Å². The number of carbonyl (C=O) groups is 1. The van der Waals surface area contributed by atoms with Crippen LogP contribution in [0.4, 0.5) is 0 Å². The van der Waals surface area contributed by atoms with Gasteiger partial charge < -0.3 is 5.32 Å². The molecule has 0 atom stereocenters. The topological polar surface area (TPSA) is 78.7 Å². The van der Waals surface area contributed by atoms with Crippen molar-refractivity contribution in [3.05, 3.63) is 35.6 Å². The van der Waals surface area contributed by atoms with Gasteiger partial charge in [0.25, 0.3) is 5.91 Å². The van der Waals surface area contributed by atoms with Crippen molar-refractivity contribution in [2.45, 2.75) is 0 Å². The Hall–Kier alpha value is -2.26. The molecule has 0 aliphatic carbocycles. The summed E-state index contributed by atoms with van der Waals surface area (Å²) in [4.78, 5) is 20.2. The summed E-state index contributed by atoms with van der Waals surface area (Å²) in [5.41, 5.74) is 0.872. The summed E-state index contributed by atoms with van der Waals surface area (Å²) in [5, 5.41) is 11.6. The molecule has 0 aliphatic heterocycles. The minimum absolute atomic E-state index is 0.00103. The van der Waals surface area contributed by atoms with Gasteiger partial charge in [-0.25, -0.2) is 4.98 Å². The molecule has 0 radical (unpaired) electrons. The second-order valence-corrected chi connectivity index (χ2v) is 4.14. The van der Waals surface area contributed by atoms with Crippen LogP contribution in [0.3, 0.4) is 0 Å². The van der Waals surface area contributed by atoms with E-state index in [4.69, 9.17) is 5.26 Å². The van der Waals surface area contributed by atoms with Crippen LogP contribution in [0.2, 0.25) is 0 Å². The van der Waals surface area contributed by atoms with Crippen molar-refractivity contribution in [2.75, 3.05) is 6.54 Å². The van der Waals surface area contributed by atoms with Crippen molar-refractivity contribution in [1.29, 1.82) is 5.26 Å². The first-order valence-electron chi connectivity index (χ1n) is 4.82. The largest absolute Gasteiger partial charge is 0.338 e. The Morgan fingerprint density at radius 3 is 3.12 bits per heavy atom. The number of carbonyl (C=O) groups excluding carboxylic acids is 1. The summed E-state index contributed by atoms with van der Waals surface area (Å²) in [5.74, 6) is -0.279. The maximum atomic E-state index is 11.5. The summed E-state index contributed by atoms with van der Waals surface area (Å²) in [6, 6.07) is 5.54. The zero-order chi connectivity index (χ0) is 12.1. The van der Waals surface area contributed by atoms with Crippen molar-refractivity contribution >= 4 is 17.2 Å². The second kappa shape index (κ2) is 5.18. The number of thiazole rings is 1. The second-order valence-electron chi connectivity index (χ2n) is 3.11. The smallest absolute Gasteiger partial charge is 0.263 e. The summed E-state index contributed by atoms with van der Waals surface area (Å²) < 4.78 is 0. The lowest BCUT2D eigenvalue weighted by atomic mass is 10.3. The number of hydrogen-bond acceptors (Lipinski definition) is 5. The van der Waals surface area contributed by atoms with Gasteiger partial charge in [-0.2, -0.15) is 5.26 Å². The average molecular weight is 244 g/mol. The van der Waals surface area contributed by atoms with Gasteiger partial charge in [-0.1, -0.05) is 0 Å². The van der Waals surface area contributed by atoms with Crippen LogP contribution in [-0.4, -0.2) is 22.4 Å². The third-order valence-corrected chi connectivity index (χ3v) is 3.01. The lowest BCUT2D eigenvalue weighted by molar-refractivity contribution is 0.0962. The first-order valence-corrected chi connectivity index (χ1v) is 5.64. The standard InChI is InChI=1S/C11H8N4OS/c12-3-5-14-10(16)9-7-15-11(17-9)8-2-1-4-13-6-8/h1-2,4,6-7H,5H2,(H,14,16). The van der Waals surface area contributed by atoms with E-state index in [0.29, 0.717) is 4.88 Å². The van der Waals surface area contributed by atoms with Gasteiger partial charge in [0.2, 0.25) is 0 Å². The van der Waals surface area contributed by atoms with Gasteiger partial charge in [0.1, 0.15) is 16.4 Å². The van der Waals surface area contributed by atoms with Crippen molar-refractivity contribution < 1.29 is 4.79 Å². The zero-order valence-electron chi connectivity index (χ0n) is 8.75. The van der Waals surface area contributed by atoms with Crippen LogP contribution in [0.25, 0.3) is 10.6 Å². The lowest BCUT2D eigenvalue weighted by Crippen LogP contribution is -2.22. The highest BCUT2D eigenvalue weighted by Gasteiger charge is 2.10. The number of hydrogen-bond donors (Lipinski definition) is 1. The molecule has 84 valence electrons. The summed E-state index contributed by atoms with van der Waals surface area (Å²) in [6.07, 6.45) is 4.87. The molecule has 2 aromatic heterocycles. The fraction of sp³-hybridized carbons (Fsp3) is 0.0909. The number of aromatic nitrogens is 2. The van der Waals surface area contributed by atoms with E-state index < -0.39 is 0 Å².